The molecule has 3 nitrogen and oxygen atoms in total. The first kappa shape index (κ1) is 16.0. The van der Waals surface area contributed by atoms with E-state index in [9.17, 15) is 5.11 Å². The topological polar surface area (TPSA) is 52.8 Å². The van der Waals surface area contributed by atoms with Crippen molar-refractivity contribution >= 4 is 6.21 Å². The minimum Gasteiger partial charge on any atom is -0.411 e. The lowest BCUT2D eigenvalue weighted by Gasteiger charge is -2.31. The number of nitrogens with zero attached hydrogens (tertiary/aromatic N) is 1. The van der Waals surface area contributed by atoms with Gasteiger partial charge in [0.25, 0.3) is 0 Å². The van der Waals surface area contributed by atoms with E-state index in [4.69, 9.17) is 5.21 Å². The normalized spacial score (nSPS) is 26.3. The molecule has 0 heterocycles. The van der Waals surface area contributed by atoms with Crippen molar-refractivity contribution in [2.24, 2.45) is 11.1 Å². The molecule has 1 aliphatic rings. The van der Waals surface area contributed by atoms with Gasteiger partial charge in [0.15, 0.2) is 0 Å². The summed E-state index contributed by atoms with van der Waals surface area (Å²) in [5.74, 6) is -0.220. The lowest BCUT2D eigenvalue weighted by molar-refractivity contribution is 0.0588. The summed E-state index contributed by atoms with van der Waals surface area (Å²) in [5.41, 5.74) is -0.885. The summed E-state index contributed by atoms with van der Waals surface area (Å²) in [4.78, 5) is 0. The molecule has 108 valence electrons. The smallest absolute Gasteiger partial charge is 0.0943 e. The van der Waals surface area contributed by atoms with Crippen LogP contribution in [0.3, 0.4) is 0 Å². The SMILES string of the molecule is CCCCCCCCCC1(O)C=CC=CC1C=NO. The summed E-state index contributed by atoms with van der Waals surface area (Å²) in [5, 5.41) is 22.3. The second-order valence-corrected chi connectivity index (χ2v) is 5.40. The van der Waals surface area contributed by atoms with E-state index in [1.165, 1.54) is 38.3 Å². The highest BCUT2D eigenvalue weighted by Crippen LogP contribution is 2.29. The molecule has 0 amide bonds. The van der Waals surface area contributed by atoms with E-state index in [0.29, 0.717) is 0 Å². The molecule has 0 aliphatic heterocycles. The Hall–Kier alpha value is -1.09. The van der Waals surface area contributed by atoms with Crippen LogP contribution in [0.25, 0.3) is 0 Å². The van der Waals surface area contributed by atoms with Crippen LogP contribution in [0.4, 0.5) is 0 Å². The van der Waals surface area contributed by atoms with E-state index >= 15 is 0 Å². The molecule has 1 rings (SSSR count). The maximum Gasteiger partial charge on any atom is 0.0943 e. The predicted octanol–water partition coefficient (Wildman–Crippen LogP) is 4.06. The Morgan fingerprint density at radius 1 is 1.11 bits per heavy atom. The fourth-order valence-corrected chi connectivity index (χ4v) is 2.55. The summed E-state index contributed by atoms with van der Waals surface area (Å²) in [6.07, 6.45) is 18.2. The van der Waals surface area contributed by atoms with Crippen LogP contribution in [0.15, 0.2) is 29.5 Å². The number of aliphatic hydroxyl groups is 1. The van der Waals surface area contributed by atoms with Crippen LogP contribution >= 0.6 is 0 Å². The van der Waals surface area contributed by atoms with Crippen molar-refractivity contribution in [3.8, 4) is 0 Å². The van der Waals surface area contributed by atoms with Gasteiger partial charge in [-0.3, -0.25) is 0 Å². The lowest BCUT2D eigenvalue weighted by Crippen LogP contribution is -2.37. The van der Waals surface area contributed by atoms with Crippen LogP contribution < -0.4 is 0 Å². The molecule has 3 heteroatoms. The molecule has 0 aromatic rings. The molecule has 0 aromatic heterocycles. The van der Waals surface area contributed by atoms with Crippen molar-refractivity contribution in [2.45, 2.75) is 63.9 Å². The molecule has 19 heavy (non-hydrogen) atoms. The van der Waals surface area contributed by atoms with Crippen LogP contribution in [0.2, 0.25) is 0 Å². The number of oxime groups is 1. The minimum atomic E-state index is -0.885. The largest absolute Gasteiger partial charge is 0.411 e. The van der Waals surface area contributed by atoms with Gasteiger partial charge in [-0.15, -0.1) is 5.16 Å². The second-order valence-electron chi connectivity index (χ2n) is 5.40. The van der Waals surface area contributed by atoms with Gasteiger partial charge in [0.1, 0.15) is 0 Å². The third kappa shape index (κ3) is 5.60. The van der Waals surface area contributed by atoms with Crippen molar-refractivity contribution in [2.75, 3.05) is 0 Å². The molecule has 2 N–H and O–H groups in total. The highest BCUT2D eigenvalue weighted by Gasteiger charge is 2.32. The number of allylic oxidation sites excluding steroid dienone is 2. The van der Waals surface area contributed by atoms with Crippen molar-refractivity contribution in [3.05, 3.63) is 24.3 Å². The maximum atomic E-state index is 10.6. The van der Waals surface area contributed by atoms with Crippen molar-refractivity contribution in [1.82, 2.24) is 0 Å². The van der Waals surface area contributed by atoms with Gasteiger partial charge in [-0.25, -0.2) is 0 Å². The van der Waals surface area contributed by atoms with Gasteiger partial charge in [-0.1, -0.05) is 76.2 Å². The summed E-state index contributed by atoms with van der Waals surface area (Å²) < 4.78 is 0. The molecule has 0 bridgehead atoms. The fourth-order valence-electron chi connectivity index (χ4n) is 2.55. The van der Waals surface area contributed by atoms with Crippen LogP contribution in [0, 0.1) is 5.92 Å². The molecule has 0 saturated heterocycles. The van der Waals surface area contributed by atoms with Crippen LogP contribution in [-0.2, 0) is 0 Å². The molecule has 0 spiro atoms. The second kappa shape index (κ2) is 8.92. The van der Waals surface area contributed by atoms with Crippen LogP contribution in [-0.4, -0.2) is 22.1 Å². The van der Waals surface area contributed by atoms with E-state index < -0.39 is 5.60 Å². The van der Waals surface area contributed by atoms with Gasteiger partial charge in [-0.05, 0) is 6.42 Å². The zero-order chi connectivity index (χ0) is 14.0. The average Bonchev–Trinajstić information content (AvgIpc) is 2.41. The molecule has 1 aliphatic carbocycles. The van der Waals surface area contributed by atoms with Crippen molar-refractivity contribution in [1.29, 1.82) is 0 Å². The van der Waals surface area contributed by atoms with E-state index in [2.05, 4.69) is 12.1 Å². The summed E-state index contributed by atoms with van der Waals surface area (Å²) in [6, 6.07) is 0. The molecule has 0 fully saturated rings. The standard InChI is InChI=1S/C16H27NO2/c1-2-3-4-5-6-7-9-12-16(18)13-10-8-11-15(16)14-17-19/h8,10-11,13-15,18-19H,2-7,9,12H2,1H3. The highest BCUT2D eigenvalue weighted by molar-refractivity contribution is 5.66. The van der Waals surface area contributed by atoms with Gasteiger partial charge in [0.2, 0.25) is 0 Å². The van der Waals surface area contributed by atoms with Gasteiger partial charge < -0.3 is 10.3 Å². The third-order valence-electron chi connectivity index (χ3n) is 3.80. The first-order valence-corrected chi connectivity index (χ1v) is 7.49. The zero-order valence-electron chi connectivity index (χ0n) is 12.0. The number of unbranched alkanes of at least 4 members (excludes halogenated alkanes) is 6. The number of rotatable bonds is 9. The van der Waals surface area contributed by atoms with Gasteiger partial charge >= 0.3 is 0 Å². The van der Waals surface area contributed by atoms with Crippen molar-refractivity contribution < 1.29 is 10.3 Å². The van der Waals surface area contributed by atoms with Gasteiger partial charge in [0.05, 0.1) is 11.8 Å². The summed E-state index contributed by atoms with van der Waals surface area (Å²) in [6.45, 7) is 2.22. The average molecular weight is 265 g/mol. The van der Waals surface area contributed by atoms with Crippen LogP contribution in [0.5, 0.6) is 0 Å². The highest BCUT2D eigenvalue weighted by atomic mass is 16.4. The predicted molar refractivity (Wildman–Crippen MR) is 79.6 cm³/mol. The van der Waals surface area contributed by atoms with Gasteiger partial charge in [-0.2, -0.15) is 0 Å². The Morgan fingerprint density at radius 3 is 2.47 bits per heavy atom. The molecule has 2 atom stereocenters. The third-order valence-corrected chi connectivity index (χ3v) is 3.80. The molecule has 0 radical (unpaired) electrons. The maximum absolute atomic E-state index is 10.6. The van der Waals surface area contributed by atoms with E-state index in [-0.39, 0.29) is 5.92 Å². The van der Waals surface area contributed by atoms with Crippen molar-refractivity contribution in [3.63, 3.8) is 0 Å². The summed E-state index contributed by atoms with van der Waals surface area (Å²) >= 11 is 0. The molecular weight excluding hydrogens is 238 g/mol. The zero-order valence-corrected chi connectivity index (χ0v) is 12.0. The Balaban J connectivity index is 2.26. The quantitative estimate of drug-likeness (QED) is 0.286. The Labute approximate surface area is 116 Å². The molecule has 0 saturated carbocycles. The van der Waals surface area contributed by atoms with Crippen LogP contribution in [0.1, 0.15) is 58.3 Å². The first-order valence-electron chi connectivity index (χ1n) is 7.49. The first-order chi connectivity index (χ1) is 9.23. The lowest BCUT2D eigenvalue weighted by atomic mass is 9.80. The Kier molecular flexibility index (Phi) is 7.49. The van der Waals surface area contributed by atoms with E-state index in [1.807, 2.05) is 24.3 Å². The molecule has 0 aromatic carbocycles. The Bertz CT molecular complexity index is 323. The Morgan fingerprint density at radius 2 is 1.79 bits per heavy atom. The summed E-state index contributed by atoms with van der Waals surface area (Å²) in [7, 11) is 0. The van der Waals surface area contributed by atoms with Gasteiger partial charge in [0, 0.05) is 5.92 Å². The molecule has 2 unspecified atom stereocenters. The van der Waals surface area contributed by atoms with E-state index in [1.54, 1.807) is 0 Å². The monoisotopic (exact) mass is 265 g/mol. The fraction of sp³-hybridized carbons (Fsp3) is 0.688. The minimum absolute atomic E-state index is 0.220. The molecular formula is C16H27NO2. The number of hydrogen-bond donors (Lipinski definition) is 2. The number of hydrogen-bond acceptors (Lipinski definition) is 3. The van der Waals surface area contributed by atoms with E-state index in [0.717, 1.165) is 19.3 Å².